The molecule has 2 N–H and O–H groups in total. The van der Waals surface area contributed by atoms with Crippen LogP contribution in [0.1, 0.15) is 5.56 Å². The van der Waals surface area contributed by atoms with Crippen molar-refractivity contribution in [1.82, 2.24) is 0 Å². The maximum Gasteiger partial charge on any atom is 0.339 e. The number of halogens is 3. The Morgan fingerprint density at radius 3 is 2.80 bits per heavy atom. The van der Waals surface area contributed by atoms with Crippen LogP contribution in [0.5, 0.6) is 0 Å². The molecule has 7 heteroatoms. The summed E-state index contributed by atoms with van der Waals surface area (Å²) in [6.07, 6.45) is 1.15. The van der Waals surface area contributed by atoms with Crippen LogP contribution in [0.25, 0.3) is 0 Å². The van der Waals surface area contributed by atoms with E-state index in [-0.39, 0.29) is 23.5 Å². The first-order valence-electron chi connectivity index (χ1n) is 5.70. The maximum atomic E-state index is 13.8. The fraction of sp³-hybridized carbons (Fsp3) is 0.231. The molecule has 0 amide bonds. The number of hydrogen-bond acceptors (Lipinski definition) is 3. The Balaban J connectivity index is 2.46. The van der Waals surface area contributed by atoms with Gasteiger partial charge in [-0.15, -0.1) is 0 Å². The van der Waals surface area contributed by atoms with Crippen molar-refractivity contribution in [3.8, 4) is 0 Å². The van der Waals surface area contributed by atoms with Gasteiger partial charge in [-0.3, -0.25) is 4.99 Å². The summed E-state index contributed by atoms with van der Waals surface area (Å²) in [7, 11) is 0. The van der Waals surface area contributed by atoms with Gasteiger partial charge in [-0.1, -0.05) is 29.3 Å². The number of benzene rings is 1. The zero-order chi connectivity index (χ0) is 14.9. The third kappa shape index (κ3) is 2.94. The molecule has 1 aromatic rings. The van der Waals surface area contributed by atoms with E-state index in [2.05, 4.69) is 10.3 Å². The Kier molecular flexibility index (Phi) is 4.01. The first-order valence-corrected chi connectivity index (χ1v) is 6.46. The third-order valence-electron chi connectivity index (χ3n) is 2.76. The van der Waals surface area contributed by atoms with Crippen molar-refractivity contribution in [2.45, 2.75) is 11.3 Å². The molecule has 0 fully saturated rings. The molecule has 0 aromatic heterocycles. The molecular weight excluding hydrogens is 306 g/mol. The van der Waals surface area contributed by atoms with Crippen LogP contribution in [0, 0.1) is 12.7 Å². The van der Waals surface area contributed by atoms with Gasteiger partial charge in [-0.05, 0) is 24.6 Å². The number of aryl methyl sites for hydroxylation is 1. The second-order valence-electron chi connectivity index (χ2n) is 4.38. The molecule has 2 rings (SSSR count). The average Bonchev–Trinajstić information content (AvgIpc) is 2.33. The van der Waals surface area contributed by atoms with Crippen LogP contribution in [0.15, 0.2) is 34.5 Å². The number of rotatable bonds is 3. The predicted molar refractivity (Wildman–Crippen MR) is 77.2 cm³/mol. The third-order valence-corrected chi connectivity index (χ3v) is 3.38. The Morgan fingerprint density at radius 1 is 1.50 bits per heavy atom. The van der Waals surface area contributed by atoms with E-state index in [0.29, 0.717) is 0 Å². The second kappa shape index (κ2) is 5.42. The summed E-state index contributed by atoms with van der Waals surface area (Å²) in [6.45, 7) is 1.73. The minimum atomic E-state index is -1.54. The molecule has 20 heavy (non-hydrogen) atoms. The first kappa shape index (κ1) is 14.8. The lowest BCUT2D eigenvalue weighted by molar-refractivity contribution is -0.132. The highest BCUT2D eigenvalue weighted by atomic mass is 35.5. The van der Waals surface area contributed by atoms with E-state index in [1.165, 1.54) is 12.1 Å². The molecule has 1 aliphatic heterocycles. The van der Waals surface area contributed by atoms with Gasteiger partial charge in [-0.25, -0.2) is 9.18 Å². The number of alkyl halides is 2. The minimum Gasteiger partial charge on any atom is -0.478 e. The molecule has 1 aromatic carbocycles. The Hall–Kier alpha value is -1.59. The van der Waals surface area contributed by atoms with Crippen molar-refractivity contribution in [2.24, 2.45) is 4.99 Å². The highest BCUT2D eigenvalue weighted by Crippen LogP contribution is 2.36. The fourth-order valence-electron chi connectivity index (χ4n) is 1.77. The summed E-state index contributed by atoms with van der Waals surface area (Å²) in [5, 5.41) is 11.8. The van der Waals surface area contributed by atoms with Gasteiger partial charge in [0.15, 0.2) is 4.33 Å². The number of carbonyl (C=O) groups is 1. The Labute approximate surface area is 124 Å². The predicted octanol–water partition coefficient (Wildman–Crippen LogP) is 3.14. The summed E-state index contributed by atoms with van der Waals surface area (Å²) >= 11 is 12.1. The van der Waals surface area contributed by atoms with Gasteiger partial charge in [0.05, 0.1) is 23.5 Å². The highest BCUT2D eigenvalue weighted by Gasteiger charge is 2.36. The van der Waals surface area contributed by atoms with E-state index in [4.69, 9.17) is 28.3 Å². The summed E-state index contributed by atoms with van der Waals surface area (Å²) in [6, 6.07) is 4.50. The quantitative estimate of drug-likeness (QED) is 0.842. The molecule has 0 bridgehead atoms. The Morgan fingerprint density at radius 2 is 2.20 bits per heavy atom. The smallest absolute Gasteiger partial charge is 0.339 e. The average molecular weight is 317 g/mol. The van der Waals surface area contributed by atoms with Gasteiger partial charge in [0, 0.05) is 6.21 Å². The number of carboxylic acids is 1. The maximum absolute atomic E-state index is 13.8. The number of nitrogens with zero attached hydrogens (tertiary/aromatic N) is 1. The number of aliphatic imine (C=N–C) groups is 1. The number of anilines is 1. The van der Waals surface area contributed by atoms with E-state index in [1.54, 1.807) is 13.0 Å². The van der Waals surface area contributed by atoms with Gasteiger partial charge < -0.3 is 10.4 Å². The van der Waals surface area contributed by atoms with Gasteiger partial charge in [0.1, 0.15) is 5.82 Å². The van der Waals surface area contributed by atoms with Crippen molar-refractivity contribution in [3.63, 3.8) is 0 Å². The van der Waals surface area contributed by atoms with Crippen molar-refractivity contribution >= 4 is 41.1 Å². The summed E-state index contributed by atoms with van der Waals surface area (Å²) < 4.78 is 12.3. The summed E-state index contributed by atoms with van der Waals surface area (Å²) in [5.74, 6) is -1.76. The molecule has 0 spiro atoms. The van der Waals surface area contributed by atoms with Crippen molar-refractivity contribution in [3.05, 3.63) is 40.8 Å². The molecule has 4 nitrogen and oxygen atoms in total. The van der Waals surface area contributed by atoms with Crippen LogP contribution in [0.2, 0.25) is 0 Å². The minimum absolute atomic E-state index is 0.00564. The zero-order valence-corrected chi connectivity index (χ0v) is 12.0. The largest absolute Gasteiger partial charge is 0.478 e. The molecule has 0 aliphatic carbocycles. The number of hydrogen-bond donors (Lipinski definition) is 2. The van der Waals surface area contributed by atoms with Gasteiger partial charge in [-0.2, -0.15) is 0 Å². The number of carboxylic acid groups (broad SMARTS) is 1. The monoisotopic (exact) mass is 316 g/mol. The van der Waals surface area contributed by atoms with E-state index >= 15 is 0 Å². The summed E-state index contributed by atoms with van der Waals surface area (Å²) in [5.41, 5.74) is 0.659. The normalized spacial score (nSPS) is 17.2. The van der Waals surface area contributed by atoms with Crippen LogP contribution >= 0.6 is 23.2 Å². The van der Waals surface area contributed by atoms with Crippen LogP contribution in [0.4, 0.5) is 10.1 Å². The van der Waals surface area contributed by atoms with Gasteiger partial charge in [0.25, 0.3) is 0 Å². The lowest BCUT2D eigenvalue weighted by atomic mass is 10.1. The zero-order valence-electron chi connectivity index (χ0n) is 10.5. The molecule has 1 heterocycles. The summed E-state index contributed by atoms with van der Waals surface area (Å²) in [4.78, 5) is 15.0. The SMILES string of the molecule is Cc1ccc(NC2=C(C(=O)O)C=NCC2(Cl)Cl)c(F)c1. The highest BCUT2D eigenvalue weighted by molar-refractivity contribution is 6.51. The molecule has 1 aliphatic rings. The fourth-order valence-corrected chi connectivity index (χ4v) is 2.21. The molecule has 0 saturated heterocycles. The van der Waals surface area contributed by atoms with Crippen molar-refractivity contribution in [2.75, 3.05) is 11.9 Å². The molecule has 0 radical (unpaired) electrons. The van der Waals surface area contributed by atoms with Crippen LogP contribution in [-0.4, -0.2) is 28.2 Å². The standard InChI is InChI=1S/C13H11Cl2FN2O2/c1-7-2-3-10(9(16)4-7)18-11-8(12(19)20)5-17-6-13(11,14)15/h2-5,18H,6H2,1H3,(H,19,20). The van der Waals surface area contributed by atoms with Crippen molar-refractivity contribution in [1.29, 1.82) is 0 Å². The number of nitrogens with one attached hydrogen (secondary N) is 1. The van der Waals surface area contributed by atoms with E-state index in [1.807, 2.05) is 0 Å². The Bertz CT molecular complexity index is 627. The molecule has 0 atom stereocenters. The molecule has 0 unspecified atom stereocenters. The van der Waals surface area contributed by atoms with E-state index < -0.39 is 16.1 Å². The van der Waals surface area contributed by atoms with Crippen molar-refractivity contribution < 1.29 is 14.3 Å². The van der Waals surface area contributed by atoms with Crippen LogP contribution in [-0.2, 0) is 4.79 Å². The molecule has 106 valence electrons. The van der Waals surface area contributed by atoms with Gasteiger partial charge in [0.2, 0.25) is 0 Å². The number of dihydropyridines is 1. The first-order chi connectivity index (χ1) is 9.31. The number of aliphatic carboxylic acids is 1. The second-order valence-corrected chi connectivity index (χ2v) is 5.86. The topological polar surface area (TPSA) is 61.7 Å². The lowest BCUT2D eigenvalue weighted by Gasteiger charge is -2.27. The van der Waals surface area contributed by atoms with E-state index in [0.717, 1.165) is 11.8 Å². The lowest BCUT2D eigenvalue weighted by Crippen LogP contribution is -2.32. The van der Waals surface area contributed by atoms with Crippen LogP contribution < -0.4 is 5.32 Å². The van der Waals surface area contributed by atoms with Gasteiger partial charge >= 0.3 is 5.97 Å². The molecular formula is C13H11Cl2FN2O2. The molecule has 0 saturated carbocycles. The van der Waals surface area contributed by atoms with Crippen LogP contribution in [0.3, 0.4) is 0 Å². The van der Waals surface area contributed by atoms with E-state index in [9.17, 15) is 9.18 Å².